The Labute approximate surface area is 171 Å². The molecule has 1 N–H and O–H groups in total. The number of halogens is 1. The summed E-state index contributed by atoms with van der Waals surface area (Å²) >= 11 is 3.33. The molecular weight excluding hydrogens is 426 g/mol. The highest BCUT2D eigenvalue weighted by Crippen LogP contribution is 2.44. The Bertz CT molecular complexity index is 940. The fourth-order valence-electron chi connectivity index (χ4n) is 3.30. The van der Waals surface area contributed by atoms with Crippen LogP contribution in [0.2, 0.25) is 0 Å². The molecule has 0 saturated carbocycles. The van der Waals surface area contributed by atoms with E-state index in [1.165, 1.54) is 7.11 Å². The van der Waals surface area contributed by atoms with Gasteiger partial charge in [0.25, 0.3) is 5.91 Å². The van der Waals surface area contributed by atoms with Gasteiger partial charge in [-0.25, -0.2) is 0 Å². The van der Waals surface area contributed by atoms with Gasteiger partial charge in [-0.15, -0.1) is 0 Å². The second-order valence-electron chi connectivity index (χ2n) is 6.64. The minimum absolute atomic E-state index is 0.286. The lowest BCUT2D eigenvalue weighted by molar-refractivity contribution is -0.142. The first-order valence-corrected chi connectivity index (χ1v) is 9.62. The third-order valence-electron chi connectivity index (χ3n) is 4.91. The molecule has 7 heteroatoms. The fourth-order valence-corrected chi connectivity index (χ4v) is 3.67. The van der Waals surface area contributed by atoms with Gasteiger partial charge in [-0.1, -0.05) is 47.1 Å². The second kappa shape index (κ2) is 7.85. The number of aryl methyl sites for hydroxylation is 1. The maximum Gasteiger partial charge on any atom is 0.325 e. The van der Waals surface area contributed by atoms with Crippen molar-refractivity contribution in [2.45, 2.75) is 25.4 Å². The van der Waals surface area contributed by atoms with Gasteiger partial charge in [0.15, 0.2) is 11.4 Å². The summed E-state index contributed by atoms with van der Waals surface area (Å²) in [6.07, 6.45) is 0.430. The number of amides is 1. The van der Waals surface area contributed by atoms with E-state index in [4.69, 9.17) is 0 Å². The van der Waals surface area contributed by atoms with Gasteiger partial charge < -0.3 is 9.84 Å². The molecule has 28 heavy (non-hydrogen) atoms. The van der Waals surface area contributed by atoms with Crippen molar-refractivity contribution in [1.29, 1.82) is 0 Å². The minimum Gasteiger partial charge on any atom is -0.468 e. The highest BCUT2D eigenvalue weighted by Gasteiger charge is 2.51. The monoisotopic (exact) mass is 445 g/mol. The molecule has 1 atom stereocenters. The number of nitrogens with zero attached hydrogens (tertiary/aromatic N) is 1. The highest BCUT2D eigenvalue weighted by molar-refractivity contribution is 9.10. The van der Waals surface area contributed by atoms with Crippen LogP contribution in [0.4, 0.5) is 5.69 Å². The average Bonchev–Trinajstić information content (AvgIpc) is 2.89. The molecule has 1 aliphatic rings. The molecule has 0 radical (unpaired) electrons. The van der Waals surface area contributed by atoms with Crippen LogP contribution in [0.15, 0.2) is 46.9 Å². The number of carbonyl (C=O) groups is 3. The van der Waals surface area contributed by atoms with Crippen molar-refractivity contribution in [2.24, 2.45) is 0 Å². The van der Waals surface area contributed by atoms with Gasteiger partial charge in [-0.2, -0.15) is 0 Å². The lowest BCUT2D eigenvalue weighted by atomic mass is 9.88. The summed E-state index contributed by atoms with van der Waals surface area (Å²) in [4.78, 5) is 38.7. The largest absolute Gasteiger partial charge is 0.468 e. The van der Waals surface area contributed by atoms with Crippen molar-refractivity contribution in [3.8, 4) is 0 Å². The first-order valence-electron chi connectivity index (χ1n) is 8.83. The van der Waals surface area contributed by atoms with Gasteiger partial charge in [-0.3, -0.25) is 19.3 Å². The molecule has 1 heterocycles. The van der Waals surface area contributed by atoms with Crippen molar-refractivity contribution in [3.05, 3.63) is 63.6 Å². The van der Waals surface area contributed by atoms with Crippen molar-refractivity contribution < 1.29 is 24.2 Å². The molecule has 2 aromatic carbocycles. The van der Waals surface area contributed by atoms with E-state index < -0.39 is 23.9 Å². The van der Waals surface area contributed by atoms with E-state index in [-0.39, 0.29) is 17.9 Å². The highest BCUT2D eigenvalue weighted by atomic mass is 79.9. The van der Waals surface area contributed by atoms with Crippen molar-refractivity contribution in [1.82, 2.24) is 0 Å². The number of aliphatic hydroxyl groups is 1. The summed E-state index contributed by atoms with van der Waals surface area (Å²) in [5.41, 5.74) is 0.129. The summed E-state index contributed by atoms with van der Waals surface area (Å²) < 4.78 is 5.30. The van der Waals surface area contributed by atoms with Gasteiger partial charge in [0.1, 0.15) is 6.54 Å². The van der Waals surface area contributed by atoms with E-state index in [2.05, 4.69) is 20.7 Å². The minimum atomic E-state index is -2.05. The zero-order valence-electron chi connectivity index (χ0n) is 15.6. The van der Waals surface area contributed by atoms with Crippen LogP contribution in [0.3, 0.4) is 0 Å². The standard InChI is InChI=1S/C21H20BrNO5/c1-3-13-4-6-14(7-5-13)18(24)11-21(27)16-10-15(22)8-9-17(16)23(20(21)26)12-19(25)28-2/h4-10,27H,3,11-12H2,1-2H3/t21-/m1/s1. The Balaban J connectivity index is 1.96. The van der Waals surface area contributed by atoms with Gasteiger partial charge in [0.2, 0.25) is 0 Å². The average molecular weight is 446 g/mol. The molecule has 0 fully saturated rings. The molecule has 2 aromatic rings. The quantitative estimate of drug-likeness (QED) is 0.545. The van der Waals surface area contributed by atoms with Gasteiger partial charge in [0.05, 0.1) is 19.2 Å². The number of hydrogen-bond donors (Lipinski definition) is 1. The number of methoxy groups -OCH3 is 1. The lowest BCUT2D eigenvalue weighted by Crippen LogP contribution is -2.43. The smallest absolute Gasteiger partial charge is 0.325 e. The number of rotatable bonds is 6. The summed E-state index contributed by atoms with van der Waals surface area (Å²) in [6, 6.07) is 12.0. The molecule has 0 aromatic heterocycles. The lowest BCUT2D eigenvalue weighted by Gasteiger charge is -2.22. The molecule has 146 valence electrons. The first-order chi connectivity index (χ1) is 13.3. The summed E-state index contributed by atoms with van der Waals surface area (Å²) in [5, 5.41) is 11.2. The first kappa shape index (κ1) is 20.2. The maximum absolute atomic E-state index is 13.0. The molecule has 0 saturated heterocycles. The summed E-state index contributed by atoms with van der Waals surface area (Å²) in [7, 11) is 1.22. The topological polar surface area (TPSA) is 83.9 Å². The van der Waals surface area contributed by atoms with Crippen LogP contribution in [-0.4, -0.2) is 36.4 Å². The van der Waals surface area contributed by atoms with Crippen LogP contribution >= 0.6 is 15.9 Å². The van der Waals surface area contributed by atoms with Crippen molar-refractivity contribution >= 4 is 39.3 Å². The van der Waals surface area contributed by atoms with Crippen molar-refractivity contribution in [2.75, 3.05) is 18.6 Å². The number of carbonyl (C=O) groups excluding carboxylic acids is 3. The number of benzene rings is 2. The zero-order chi connectivity index (χ0) is 20.5. The molecule has 0 unspecified atom stereocenters. The number of ether oxygens (including phenoxy) is 1. The summed E-state index contributed by atoms with van der Waals surface area (Å²) in [5.74, 6) is -1.69. The van der Waals surface area contributed by atoms with Crippen LogP contribution in [0, 0.1) is 0 Å². The number of hydrogen-bond acceptors (Lipinski definition) is 5. The van der Waals surface area contributed by atoms with Gasteiger partial charge in [-0.05, 0) is 30.2 Å². The third kappa shape index (κ3) is 3.59. The predicted molar refractivity (Wildman–Crippen MR) is 107 cm³/mol. The predicted octanol–water partition coefficient (Wildman–Crippen LogP) is 2.99. The number of Topliss-reactive ketones (excluding diaryl/α,β-unsaturated/α-hetero) is 1. The normalized spacial score (nSPS) is 18.1. The number of anilines is 1. The maximum atomic E-state index is 13.0. The van der Waals surface area contributed by atoms with E-state index in [9.17, 15) is 19.5 Å². The Kier molecular flexibility index (Phi) is 5.67. The molecule has 0 bridgehead atoms. The second-order valence-corrected chi connectivity index (χ2v) is 7.56. The number of esters is 1. The van der Waals surface area contributed by atoms with E-state index in [0.717, 1.165) is 16.9 Å². The SMILES string of the molecule is CCc1ccc(C(=O)C[C@]2(O)C(=O)N(CC(=O)OC)c3ccc(Br)cc32)cc1. The Morgan fingerprint density at radius 1 is 1.18 bits per heavy atom. The van der Waals surface area contributed by atoms with E-state index in [1.54, 1.807) is 30.3 Å². The van der Waals surface area contributed by atoms with Crippen LogP contribution in [0.25, 0.3) is 0 Å². The molecule has 6 nitrogen and oxygen atoms in total. The zero-order valence-corrected chi connectivity index (χ0v) is 17.2. The molecular formula is C21H20BrNO5. The Morgan fingerprint density at radius 2 is 1.86 bits per heavy atom. The van der Waals surface area contributed by atoms with E-state index >= 15 is 0 Å². The molecule has 1 aliphatic heterocycles. The van der Waals surface area contributed by atoms with Crippen LogP contribution in [-0.2, 0) is 26.3 Å². The molecule has 1 amide bonds. The Morgan fingerprint density at radius 3 is 2.46 bits per heavy atom. The van der Waals surface area contributed by atoms with Gasteiger partial charge in [0, 0.05) is 15.6 Å². The molecule has 0 aliphatic carbocycles. The van der Waals surface area contributed by atoms with Gasteiger partial charge >= 0.3 is 5.97 Å². The number of ketones is 1. The van der Waals surface area contributed by atoms with Crippen LogP contribution in [0.5, 0.6) is 0 Å². The fraction of sp³-hybridized carbons (Fsp3) is 0.286. The van der Waals surface area contributed by atoms with Crippen LogP contribution in [0.1, 0.15) is 34.8 Å². The third-order valence-corrected chi connectivity index (χ3v) is 5.40. The number of fused-ring (bicyclic) bond motifs is 1. The molecule has 0 spiro atoms. The molecule has 3 rings (SSSR count). The summed E-state index contributed by atoms with van der Waals surface area (Å²) in [6.45, 7) is 1.67. The Hall–Kier alpha value is -2.51. The van der Waals surface area contributed by atoms with E-state index in [1.807, 2.05) is 19.1 Å². The van der Waals surface area contributed by atoms with E-state index in [0.29, 0.717) is 15.7 Å². The van der Waals surface area contributed by atoms with Crippen LogP contribution < -0.4 is 4.90 Å². The van der Waals surface area contributed by atoms with Crippen molar-refractivity contribution in [3.63, 3.8) is 0 Å².